The van der Waals surface area contributed by atoms with Crippen molar-refractivity contribution in [2.75, 3.05) is 10.2 Å². The fraction of sp³-hybridized carbons (Fsp3) is 0.0857. The lowest BCUT2D eigenvalue weighted by atomic mass is 9.70. The SMILES string of the molecule is C.C[Si](C)(C)c1ccc(Br)cc1.C[Si](C)(C)c1ccc(N(c2ccc3c(c2)C2(c4ccccc4-c4ccccc42)c2ccccc2-3)c2ccc3c4ccccc4c4ccccc4c3c2)cc1.c1ccc2c(c1)-c1ccccc1C21c2ccccc2-c2ccc(Nc3ccc4c5ccccc5c5ccccc5c4c3)cc21. The van der Waals surface area contributed by atoms with Crippen LogP contribution in [-0.4, -0.2) is 16.1 Å². The van der Waals surface area contributed by atoms with Crippen LogP contribution in [0.5, 0.6) is 0 Å². The molecule has 0 saturated heterocycles. The maximum absolute atomic E-state index is 3.82. The fourth-order valence-electron chi connectivity index (χ4n) is 19.1. The highest BCUT2D eigenvalue weighted by Crippen LogP contribution is 2.65. The van der Waals surface area contributed by atoms with Crippen LogP contribution in [0.3, 0.4) is 0 Å². The Labute approximate surface area is 655 Å². The lowest BCUT2D eigenvalue weighted by Gasteiger charge is -2.32. The van der Waals surface area contributed by atoms with Crippen molar-refractivity contribution < 1.29 is 0 Å². The molecule has 0 bridgehead atoms. The summed E-state index contributed by atoms with van der Waals surface area (Å²) in [5, 5.41) is 22.2. The monoisotopic (exact) mass is 1510 g/mol. The molecule has 5 heteroatoms. The molecule has 0 radical (unpaired) electrons. The summed E-state index contributed by atoms with van der Waals surface area (Å²) in [7, 11) is -2.58. The van der Waals surface area contributed by atoms with Crippen molar-refractivity contribution >= 4 is 136 Å². The highest BCUT2D eigenvalue weighted by molar-refractivity contribution is 9.10. The minimum Gasteiger partial charge on any atom is -0.355 e. The number of fused-ring (bicyclic) bond motifs is 32. The van der Waals surface area contributed by atoms with Gasteiger partial charge in [-0.2, -0.15) is 0 Å². The molecule has 0 aromatic heterocycles. The largest absolute Gasteiger partial charge is 0.355 e. The summed E-state index contributed by atoms with van der Waals surface area (Å²) in [6, 6.07) is 136. The molecule has 0 fully saturated rings. The molecule has 18 aromatic rings. The highest BCUT2D eigenvalue weighted by Gasteiger charge is 2.53. The van der Waals surface area contributed by atoms with Gasteiger partial charge in [0.05, 0.1) is 27.0 Å². The van der Waals surface area contributed by atoms with E-state index in [1.54, 1.807) is 0 Å². The quantitative estimate of drug-likeness (QED) is 0.126. The van der Waals surface area contributed by atoms with Crippen molar-refractivity contribution in [2.24, 2.45) is 0 Å². The summed E-state index contributed by atoms with van der Waals surface area (Å²) < 4.78 is 1.17. The molecule has 2 nitrogen and oxygen atoms in total. The van der Waals surface area contributed by atoms with Crippen LogP contribution in [0.1, 0.15) is 51.9 Å². The predicted octanol–water partition coefficient (Wildman–Crippen LogP) is 28.4. The van der Waals surface area contributed by atoms with E-state index < -0.39 is 21.6 Å². The van der Waals surface area contributed by atoms with Gasteiger partial charge in [-0.15, -0.1) is 0 Å². The molecule has 528 valence electrons. The van der Waals surface area contributed by atoms with E-state index in [9.17, 15) is 0 Å². The zero-order valence-corrected chi connectivity index (χ0v) is 65.6. The Balaban J connectivity index is 0.000000132. The van der Waals surface area contributed by atoms with Gasteiger partial charge < -0.3 is 10.2 Å². The Morgan fingerprint density at radius 1 is 0.227 bits per heavy atom. The van der Waals surface area contributed by atoms with E-state index in [1.165, 1.54) is 168 Å². The first kappa shape index (κ1) is 68.6. The van der Waals surface area contributed by atoms with Crippen LogP contribution in [0, 0.1) is 0 Å². The third-order valence-electron chi connectivity index (χ3n) is 24.0. The minimum absolute atomic E-state index is 0. The maximum atomic E-state index is 3.82. The maximum Gasteiger partial charge on any atom is 0.0775 e. The van der Waals surface area contributed by atoms with Crippen LogP contribution in [0.25, 0.3) is 109 Å². The van der Waals surface area contributed by atoms with E-state index in [1.807, 2.05) is 0 Å². The van der Waals surface area contributed by atoms with Gasteiger partial charge >= 0.3 is 0 Å². The van der Waals surface area contributed by atoms with Crippen LogP contribution in [0.15, 0.2) is 368 Å². The van der Waals surface area contributed by atoms with Crippen LogP contribution in [0.2, 0.25) is 39.3 Å². The lowest BCUT2D eigenvalue weighted by Crippen LogP contribution is -2.37. The number of nitrogens with one attached hydrogen (secondary N) is 1. The van der Waals surface area contributed by atoms with Crippen LogP contribution in [-0.2, 0) is 10.8 Å². The number of hydrogen-bond acceptors (Lipinski definition) is 2. The molecular formula is C105H83BrN2Si2. The van der Waals surface area contributed by atoms with E-state index in [0.29, 0.717) is 0 Å². The van der Waals surface area contributed by atoms with Gasteiger partial charge in [-0.05, 0) is 226 Å². The highest BCUT2D eigenvalue weighted by atomic mass is 79.9. The first-order chi connectivity index (χ1) is 53.2. The summed E-state index contributed by atoms with van der Waals surface area (Å²) in [5.41, 5.74) is 26.4. The van der Waals surface area contributed by atoms with Crippen molar-refractivity contribution in [2.45, 2.75) is 57.5 Å². The number of nitrogens with zero attached hydrogens (tertiary/aromatic N) is 1. The summed E-state index contributed by atoms with van der Waals surface area (Å²) in [5.74, 6) is 0. The van der Waals surface area contributed by atoms with Crippen molar-refractivity contribution in [1.82, 2.24) is 0 Å². The number of anilines is 5. The van der Waals surface area contributed by atoms with E-state index in [4.69, 9.17) is 0 Å². The second-order valence-electron chi connectivity index (χ2n) is 32.0. The zero-order chi connectivity index (χ0) is 73.5. The Bertz CT molecular complexity index is 6560. The van der Waals surface area contributed by atoms with E-state index in [0.717, 1.165) is 28.4 Å². The standard InChI is InChI=1S/C52H39NSi.C43H27N.C9H13BrSi.CH4/c1-54(2,3)37-28-24-34(25-29-37)53(35-26-30-42-40-16-5-4-14-38(40)39-15-6-7-17-41(39)47(42)32-35)36-27-31-46-45-20-10-13-23-50(45)52(51(46)33-36)48-21-11-8-18-43(48)44-19-9-12-22-49(44)52;1-2-13-31-29(11-1)30-12-3-4-14-32(30)38-25-27(21-23-33(31)38)44-28-22-24-37-36-17-7-10-20-41(36)43(42(37)26-28)39-18-8-5-15-34(39)35-16-6-9-19-40(35)43;1-11(2,3)9-6-4-8(10)5-7-9;/h4-33H,1-3H3;1-26,44H;4-7H,1-3H3;1H4. The molecule has 0 heterocycles. The first-order valence-electron chi connectivity index (χ1n) is 38.2. The van der Waals surface area contributed by atoms with Gasteiger partial charge in [0.2, 0.25) is 0 Å². The molecule has 0 atom stereocenters. The van der Waals surface area contributed by atoms with Crippen LogP contribution >= 0.6 is 15.9 Å². The van der Waals surface area contributed by atoms with Gasteiger partial charge in [-0.3, -0.25) is 0 Å². The molecule has 4 aliphatic carbocycles. The van der Waals surface area contributed by atoms with Gasteiger partial charge in [-0.25, -0.2) is 0 Å². The molecule has 1 N–H and O–H groups in total. The molecule has 0 saturated carbocycles. The predicted molar refractivity (Wildman–Crippen MR) is 482 cm³/mol. The van der Waals surface area contributed by atoms with E-state index >= 15 is 0 Å². The Morgan fingerprint density at radius 2 is 0.482 bits per heavy atom. The summed E-state index contributed by atoms with van der Waals surface area (Å²) in [6.07, 6.45) is 0. The third-order valence-corrected chi connectivity index (χ3v) is 28.6. The second kappa shape index (κ2) is 26.4. The molecule has 0 aliphatic heterocycles. The third kappa shape index (κ3) is 10.6. The van der Waals surface area contributed by atoms with Crippen molar-refractivity contribution in [3.8, 4) is 44.5 Å². The molecule has 18 aromatic carbocycles. The van der Waals surface area contributed by atoms with E-state index in [2.05, 4.69) is 429 Å². The summed E-state index contributed by atoms with van der Waals surface area (Å²) in [6.45, 7) is 14.3. The number of hydrogen-bond donors (Lipinski definition) is 1. The molecule has 2 spiro atoms. The smallest absolute Gasteiger partial charge is 0.0775 e. The van der Waals surface area contributed by atoms with Crippen molar-refractivity contribution in [1.29, 1.82) is 0 Å². The van der Waals surface area contributed by atoms with Crippen molar-refractivity contribution in [3.05, 3.63) is 413 Å². The van der Waals surface area contributed by atoms with Crippen LogP contribution < -0.4 is 20.6 Å². The minimum atomic E-state index is -1.50. The summed E-state index contributed by atoms with van der Waals surface area (Å²) >= 11 is 3.43. The van der Waals surface area contributed by atoms with Gasteiger partial charge in [0.25, 0.3) is 0 Å². The second-order valence-corrected chi connectivity index (χ2v) is 43.0. The molecular weight excluding hydrogens is 1430 g/mol. The zero-order valence-electron chi connectivity index (χ0n) is 62.0. The molecule has 0 unspecified atom stereocenters. The van der Waals surface area contributed by atoms with Crippen molar-refractivity contribution in [3.63, 3.8) is 0 Å². The molecule has 22 rings (SSSR count). The van der Waals surface area contributed by atoms with Gasteiger partial charge in [0.15, 0.2) is 0 Å². The molecule has 4 aliphatic rings. The number of benzene rings is 18. The molecule has 110 heavy (non-hydrogen) atoms. The Hall–Kier alpha value is -12.0. The first-order valence-corrected chi connectivity index (χ1v) is 46.0. The Morgan fingerprint density at radius 3 is 0.864 bits per heavy atom. The average molecular weight is 1510 g/mol. The van der Waals surface area contributed by atoms with E-state index in [-0.39, 0.29) is 12.8 Å². The lowest BCUT2D eigenvalue weighted by molar-refractivity contribution is 0.793. The van der Waals surface area contributed by atoms with Gasteiger partial charge in [0.1, 0.15) is 0 Å². The normalized spacial score (nSPS) is 13.3. The van der Waals surface area contributed by atoms with Gasteiger partial charge in [0, 0.05) is 32.9 Å². The topological polar surface area (TPSA) is 15.3 Å². The fourth-order valence-corrected chi connectivity index (χ4v) is 21.7. The average Bonchev–Trinajstić information content (AvgIpc) is 1.52. The number of halogens is 1. The Kier molecular flexibility index (Phi) is 16.5. The summed E-state index contributed by atoms with van der Waals surface area (Å²) in [4.78, 5) is 2.49. The van der Waals surface area contributed by atoms with Crippen LogP contribution in [0.4, 0.5) is 28.4 Å². The van der Waals surface area contributed by atoms with Gasteiger partial charge in [-0.1, -0.05) is 364 Å². The molecule has 0 amide bonds. The number of rotatable bonds is 7.